The Morgan fingerprint density at radius 1 is 1.14 bits per heavy atom. The van der Waals surface area contributed by atoms with Crippen LogP contribution in [-0.2, 0) is 10.2 Å². The van der Waals surface area contributed by atoms with Gasteiger partial charge < -0.3 is 14.2 Å². The van der Waals surface area contributed by atoms with Crippen molar-refractivity contribution in [1.82, 2.24) is 15.0 Å². The van der Waals surface area contributed by atoms with Crippen molar-refractivity contribution >= 4 is 6.09 Å². The SMILES string of the molecule is CC(C)(C)OC(=O)N(CC1(c2noc(-c3c(F)cc(F)cc3F)n2)CCC1)C1CC1c1ccccc1. The second-order valence-electron chi connectivity index (χ2n) is 10.7. The number of amides is 1. The summed E-state index contributed by atoms with van der Waals surface area (Å²) in [6, 6.07) is 11.1. The van der Waals surface area contributed by atoms with Crippen molar-refractivity contribution in [3.8, 4) is 11.5 Å². The van der Waals surface area contributed by atoms with Crippen molar-refractivity contribution in [2.75, 3.05) is 6.54 Å². The Morgan fingerprint density at radius 2 is 1.81 bits per heavy atom. The molecule has 2 unspecified atom stereocenters. The lowest BCUT2D eigenvalue weighted by atomic mass is 9.67. The zero-order valence-electron chi connectivity index (χ0n) is 20.4. The summed E-state index contributed by atoms with van der Waals surface area (Å²) >= 11 is 0. The minimum atomic E-state index is -1.12. The highest BCUT2D eigenvalue weighted by atomic mass is 19.1. The first-order chi connectivity index (χ1) is 17.1. The summed E-state index contributed by atoms with van der Waals surface area (Å²) in [7, 11) is 0. The fourth-order valence-electron chi connectivity index (χ4n) is 4.89. The molecule has 3 aromatic rings. The van der Waals surface area contributed by atoms with Crippen molar-refractivity contribution in [3.63, 3.8) is 0 Å². The van der Waals surface area contributed by atoms with Gasteiger partial charge in [0.25, 0.3) is 5.89 Å². The van der Waals surface area contributed by atoms with Gasteiger partial charge in [0.2, 0.25) is 0 Å². The topological polar surface area (TPSA) is 68.5 Å². The lowest BCUT2D eigenvalue weighted by Crippen LogP contribution is -2.50. The summed E-state index contributed by atoms with van der Waals surface area (Å²) in [6.45, 7) is 5.76. The second-order valence-corrected chi connectivity index (χ2v) is 10.7. The molecule has 5 rings (SSSR count). The number of carbonyl (C=O) groups is 1. The molecular formula is C27H28F3N3O3. The van der Waals surface area contributed by atoms with E-state index in [4.69, 9.17) is 9.26 Å². The van der Waals surface area contributed by atoms with Crippen LogP contribution in [0.3, 0.4) is 0 Å². The molecule has 2 aliphatic rings. The summed E-state index contributed by atoms with van der Waals surface area (Å²) in [5.41, 5.74) is -0.714. The number of ether oxygens (including phenoxy) is 1. The predicted molar refractivity (Wildman–Crippen MR) is 126 cm³/mol. The maximum atomic E-state index is 14.3. The summed E-state index contributed by atoms with van der Waals surface area (Å²) in [5.74, 6) is -3.16. The Labute approximate surface area is 207 Å². The van der Waals surface area contributed by atoms with E-state index in [1.165, 1.54) is 0 Å². The van der Waals surface area contributed by atoms with Crippen LogP contribution >= 0.6 is 0 Å². The zero-order chi connectivity index (χ0) is 25.7. The highest BCUT2D eigenvalue weighted by Gasteiger charge is 2.52. The van der Waals surface area contributed by atoms with Gasteiger partial charge in [-0.3, -0.25) is 0 Å². The maximum Gasteiger partial charge on any atom is 0.410 e. The first kappa shape index (κ1) is 24.3. The number of rotatable bonds is 6. The fourth-order valence-corrected chi connectivity index (χ4v) is 4.89. The van der Waals surface area contributed by atoms with Gasteiger partial charge in [-0.2, -0.15) is 4.98 Å². The van der Waals surface area contributed by atoms with Gasteiger partial charge in [-0.25, -0.2) is 18.0 Å². The van der Waals surface area contributed by atoms with Gasteiger partial charge in [0, 0.05) is 30.6 Å². The Balaban J connectivity index is 1.44. The molecule has 2 aromatic carbocycles. The van der Waals surface area contributed by atoms with Gasteiger partial charge in [0.05, 0.1) is 5.41 Å². The fraction of sp³-hybridized carbons (Fsp3) is 0.444. The molecule has 36 heavy (non-hydrogen) atoms. The van der Waals surface area contributed by atoms with Crippen LogP contribution in [0, 0.1) is 17.5 Å². The molecule has 9 heteroatoms. The number of aromatic nitrogens is 2. The third kappa shape index (κ3) is 4.70. The van der Waals surface area contributed by atoms with E-state index < -0.39 is 40.1 Å². The van der Waals surface area contributed by atoms with Crippen LogP contribution < -0.4 is 0 Å². The highest BCUT2D eigenvalue weighted by molar-refractivity contribution is 5.70. The van der Waals surface area contributed by atoms with E-state index in [0.29, 0.717) is 31.5 Å². The zero-order valence-corrected chi connectivity index (χ0v) is 20.4. The number of benzene rings is 2. The molecule has 0 bridgehead atoms. The van der Waals surface area contributed by atoms with Crippen LogP contribution in [0.5, 0.6) is 0 Å². The molecule has 1 heterocycles. The number of hydrogen-bond acceptors (Lipinski definition) is 5. The predicted octanol–water partition coefficient (Wildman–Crippen LogP) is 6.37. The first-order valence-corrected chi connectivity index (χ1v) is 12.1. The summed E-state index contributed by atoms with van der Waals surface area (Å²) < 4.78 is 53.0. The van der Waals surface area contributed by atoms with E-state index in [2.05, 4.69) is 10.1 Å². The molecule has 1 amide bonds. The third-order valence-electron chi connectivity index (χ3n) is 6.92. The Kier molecular flexibility index (Phi) is 6.04. The van der Waals surface area contributed by atoms with E-state index >= 15 is 0 Å². The molecular weight excluding hydrogens is 471 g/mol. The molecule has 1 aromatic heterocycles. The van der Waals surface area contributed by atoms with E-state index in [1.54, 1.807) is 4.90 Å². The summed E-state index contributed by atoms with van der Waals surface area (Å²) in [6.07, 6.45) is 2.64. The van der Waals surface area contributed by atoms with Crippen LogP contribution in [-0.4, -0.2) is 39.3 Å². The lowest BCUT2D eigenvalue weighted by Gasteiger charge is -2.43. The molecule has 0 saturated heterocycles. The van der Waals surface area contributed by atoms with Gasteiger partial charge in [-0.15, -0.1) is 0 Å². The van der Waals surface area contributed by atoms with Crippen molar-refractivity contribution < 1.29 is 27.2 Å². The minimum absolute atomic E-state index is 0.0434. The van der Waals surface area contributed by atoms with Crippen LogP contribution in [0.4, 0.5) is 18.0 Å². The van der Waals surface area contributed by atoms with Crippen molar-refractivity contribution in [1.29, 1.82) is 0 Å². The third-order valence-corrected chi connectivity index (χ3v) is 6.92. The minimum Gasteiger partial charge on any atom is -0.444 e. The normalized spacial score (nSPS) is 20.5. The van der Waals surface area contributed by atoms with Gasteiger partial charge in [0.15, 0.2) is 5.82 Å². The van der Waals surface area contributed by atoms with E-state index in [-0.39, 0.29) is 23.7 Å². The quantitative estimate of drug-likeness (QED) is 0.394. The maximum absolute atomic E-state index is 14.3. The average Bonchev–Trinajstić information content (AvgIpc) is 3.41. The van der Waals surface area contributed by atoms with Gasteiger partial charge in [-0.1, -0.05) is 41.9 Å². The molecule has 0 N–H and O–H groups in total. The van der Waals surface area contributed by atoms with Crippen LogP contribution in [0.15, 0.2) is 47.0 Å². The summed E-state index contributed by atoms with van der Waals surface area (Å²) in [5, 5.41) is 4.04. The standard InChI is InChI=1S/C27H28F3N3O3/c1-26(2,3)35-25(34)33(21-14-18(21)16-8-5-4-6-9-16)15-27(10-7-11-27)24-31-23(36-32-24)22-19(29)12-17(28)13-20(22)30/h4-6,8-9,12-13,18,21H,7,10-11,14-15H2,1-3H3. The molecule has 2 aliphatic carbocycles. The Morgan fingerprint density at radius 3 is 2.39 bits per heavy atom. The number of halogens is 3. The highest BCUT2D eigenvalue weighted by Crippen LogP contribution is 2.49. The largest absolute Gasteiger partial charge is 0.444 e. The van der Waals surface area contributed by atoms with Crippen molar-refractivity contribution in [2.24, 2.45) is 0 Å². The van der Waals surface area contributed by atoms with Crippen LogP contribution in [0.1, 0.15) is 63.8 Å². The molecule has 0 aliphatic heterocycles. The van der Waals surface area contributed by atoms with E-state index in [1.807, 2.05) is 51.1 Å². The molecule has 2 atom stereocenters. The number of carbonyl (C=O) groups excluding carboxylic acids is 1. The number of nitrogens with zero attached hydrogens (tertiary/aromatic N) is 3. The monoisotopic (exact) mass is 499 g/mol. The molecule has 6 nitrogen and oxygen atoms in total. The van der Waals surface area contributed by atoms with Gasteiger partial charge in [-0.05, 0) is 45.6 Å². The second kappa shape index (κ2) is 8.94. The Bertz CT molecular complexity index is 1250. The molecule has 0 spiro atoms. The smallest absolute Gasteiger partial charge is 0.410 e. The average molecular weight is 500 g/mol. The van der Waals surface area contributed by atoms with Crippen molar-refractivity contribution in [3.05, 3.63) is 71.3 Å². The first-order valence-electron chi connectivity index (χ1n) is 12.1. The van der Waals surface area contributed by atoms with Gasteiger partial charge in [0.1, 0.15) is 28.6 Å². The van der Waals surface area contributed by atoms with Crippen LogP contribution in [0.2, 0.25) is 0 Å². The molecule has 190 valence electrons. The van der Waals surface area contributed by atoms with Crippen LogP contribution in [0.25, 0.3) is 11.5 Å². The van der Waals surface area contributed by atoms with Crippen molar-refractivity contribution in [2.45, 2.75) is 69.4 Å². The molecule has 0 radical (unpaired) electrons. The number of hydrogen-bond donors (Lipinski definition) is 0. The van der Waals surface area contributed by atoms with E-state index in [9.17, 15) is 18.0 Å². The Hall–Kier alpha value is -3.36. The molecule has 2 saturated carbocycles. The van der Waals surface area contributed by atoms with E-state index in [0.717, 1.165) is 18.4 Å². The lowest BCUT2D eigenvalue weighted by molar-refractivity contribution is 0.0123. The summed E-state index contributed by atoms with van der Waals surface area (Å²) in [4.78, 5) is 19.4. The molecule has 2 fully saturated rings. The van der Waals surface area contributed by atoms with Gasteiger partial charge >= 0.3 is 6.09 Å².